The van der Waals surface area contributed by atoms with Gasteiger partial charge >= 0.3 is 0 Å². The van der Waals surface area contributed by atoms with Crippen molar-refractivity contribution in [2.45, 2.75) is 31.8 Å². The zero-order chi connectivity index (χ0) is 13.8. The molecule has 0 spiro atoms. The van der Waals surface area contributed by atoms with Crippen molar-refractivity contribution in [2.24, 2.45) is 0 Å². The molecule has 1 aliphatic carbocycles. The minimum absolute atomic E-state index is 0.734. The fraction of sp³-hybridized carbons (Fsp3) is 0.562. The van der Waals surface area contributed by atoms with E-state index in [2.05, 4.69) is 27.3 Å². The number of aromatic nitrogens is 1. The van der Waals surface area contributed by atoms with Crippen LogP contribution in [0.1, 0.15) is 24.8 Å². The van der Waals surface area contributed by atoms with Gasteiger partial charge in [-0.25, -0.2) is 4.98 Å². The average molecular weight is 273 g/mol. The number of hydrogen-bond acceptors (Lipinski definition) is 4. The maximum absolute atomic E-state index is 5.21. The van der Waals surface area contributed by atoms with E-state index in [0.717, 1.165) is 44.5 Å². The molecule has 1 fully saturated rings. The first kappa shape index (κ1) is 13.6. The van der Waals surface area contributed by atoms with Crippen molar-refractivity contribution in [3.05, 3.63) is 35.5 Å². The maximum atomic E-state index is 5.21. The molecule has 1 aromatic heterocycles. The Morgan fingerprint density at radius 2 is 2.35 bits per heavy atom. The molecule has 2 aliphatic rings. The monoisotopic (exact) mass is 273 g/mol. The normalized spacial score (nSPS) is 19.1. The summed E-state index contributed by atoms with van der Waals surface area (Å²) in [6, 6.07) is 4.95. The Kier molecular flexibility index (Phi) is 4.33. The highest BCUT2D eigenvalue weighted by Crippen LogP contribution is 2.24. The van der Waals surface area contributed by atoms with Gasteiger partial charge in [0.05, 0.1) is 6.61 Å². The van der Waals surface area contributed by atoms with E-state index in [1.807, 2.05) is 12.3 Å². The lowest BCUT2D eigenvalue weighted by molar-refractivity contribution is 0.222. The quantitative estimate of drug-likeness (QED) is 0.806. The molecule has 1 aliphatic heterocycles. The van der Waals surface area contributed by atoms with E-state index in [-0.39, 0.29) is 0 Å². The van der Waals surface area contributed by atoms with Gasteiger partial charge < -0.3 is 15.0 Å². The standard InChI is InChI=1S/C16H23N3O/c1-20-12-13-6-9-19(10-7-13)16-14(3-2-8-17-16)11-18-15-4-5-15/h2-3,6,8,15,18H,4-5,7,9-12H2,1H3. The molecule has 3 rings (SSSR count). The van der Waals surface area contributed by atoms with Crippen molar-refractivity contribution in [2.75, 3.05) is 31.7 Å². The van der Waals surface area contributed by atoms with Gasteiger partial charge in [-0.2, -0.15) is 0 Å². The lowest BCUT2D eigenvalue weighted by Gasteiger charge is -2.29. The first-order chi connectivity index (χ1) is 9.86. The highest BCUT2D eigenvalue weighted by atomic mass is 16.5. The number of methoxy groups -OCH3 is 1. The van der Waals surface area contributed by atoms with Crippen LogP contribution >= 0.6 is 0 Å². The molecule has 0 aromatic carbocycles. The fourth-order valence-corrected chi connectivity index (χ4v) is 2.61. The van der Waals surface area contributed by atoms with Crippen LogP contribution in [0.2, 0.25) is 0 Å². The highest BCUT2D eigenvalue weighted by Gasteiger charge is 2.21. The predicted molar refractivity (Wildman–Crippen MR) is 80.9 cm³/mol. The zero-order valence-corrected chi connectivity index (χ0v) is 12.1. The molecule has 1 aromatic rings. The second kappa shape index (κ2) is 6.37. The average Bonchev–Trinajstić information content (AvgIpc) is 3.31. The smallest absolute Gasteiger partial charge is 0.133 e. The number of anilines is 1. The largest absolute Gasteiger partial charge is 0.380 e. The molecule has 0 radical (unpaired) electrons. The van der Waals surface area contributed by atoms with Crippen molar-refractivity contribution in [3.63, 3.8) is 0 Å². The molecule has 0 bridgehead atoms. The number of nitrogens with zero attached hydrogens (tertiary/aromatic N) is 2. The fourth-order valence-electron chi connectivity index (χ4n) is 2.61. The first-order valence-corrected chi connectivity index (χ1v) is 7.46. The highest BCUT2D eigenvalue weighted by molar-refractivity contribution is 5.48. The number of pyridine rings is 1. The Bertz CT molecular complexity index is 482. The minimum atomic E-state index is 0.734. The molecule has 4 heteroatoms. The summed E-state index contributed by atoms with van der Waals surface area (Å²) in [7, 11) is 1.76. The molecule has 2 heterocycles. The zero-order valence-electron chi connectivity index (χ0n) is 12.1. The number of rotatable bonds is 6. The van der Waals surface area contributed by atoms with E-state index in [1.165, 1.54) is 24.0 Å². The lowest BCUT2D eigenvalue weighted by atomic mass is 10.1. The molecule has 4 nitrogen and oxygen atoms in total. The molecule has 1 saturated carbocycles. The summed E-state index contributed by atoms with van der Waals surface area (Å²) < 4.78 is 5.21. The molecule has 0 unspecified atom stereocenters. The van der Waals surface area contributed by atoms with Gasteiger partial charge in [0.25, 0.3) is 0 Å². The Morgan fingerprint density at radius 1 is 1.45 bits per heavy atom. The van der Waals surface area contributed by atoms with Crippen molar-refractivity contribution >= 4 is 5.82 Å². The second-order valence-electron chi connectivity index (χ2n) is 5.63. The Hall–Kier alpha value is -1.39. The molecular weight excluding hydrogens is 250 g/mol. The summed E-state index contributed by atoms with van der Waals surface area (Å²) in [5.41, 5.74) is 2.71. The third kappa shape index (κ3) is 3.38. The minimum Gasteiger partial charge on any atom is -0.380 e. The van der Waals surface area contributed by atoms with Crippen LogP contribution in [-0.2, 0) is 11.3 Å². The first-order valence-electron chi connectivity index (χ1n) is 7.46. The van der Waals surface area contributed by atoms with Gasteiger partial charge in [-0.05, 0) is 30.9 Å². The van der Waals surface area contributed by atoms with Crippen molar-refractivity contribution < 1.29 is 4.74 Å². The van der Waals surface area contributed by atoms with Crippen molar-refractivity contribution in [3.8, 4) is 0 Å². The molecular formula is C16H23N3O. The molecule has 20 heavy (non-hydrogen) atoms. The van der Waals surface area contributed by atoms with Crippen LogP contribution in [0, 0.1) is 0 Å². The number of hydrogen-bond donors (Lipinski definition) is 1. The topological polar surface area (TPSA) is 37.4 Å². The summed E-state index contributed by atoms with van der Waals surface area (Å²) in [4.78, 5) is 6.96. The van der Waals surface area contributed by atoms with E-state index in [4.69, 9.17) is 4.74 Å². The lowest BCUT2D eigenvalue weighted by Crippen LogP contribution is -2.31. The van der Waals surface area contributed by atoms with E-state index >= 15 is 0 Å². The Balaban J connectivity index is 1.66. The Labute approximate surface area is 120 Å². The van der Waals surface area contributed by atoms with Gasteiger partial charge in [-0.1, -0.05) is 12.1 Å². The molecule has 0 amide bonds. The number of ether oxygens (including phenoxy) is 1. The van der Waals surface area contributed by atoms with Crippen LogP contribution in [-0.4, -0.2) is 37.8 Å². The van der Waals surface area contributed by atoms with Crippen LogP contribution in [0.5, 0.6) is 0 Å². The summed E-state index contributed by atoms with van der Waals surface area (Å²) in [5.74, 6) is 1.13. The van der Waals surface area contributed by atoms with Crippen LogP contribution < -0.4 is 10.2 Å². The van der Waals surface area contributed by atoms with Crippen LogP contribution in [0.25, 0.3) is 0 Å². The van der Waals surface area contributed by atoms with E-state index in [1.54, 1.807) is 7.11 Å². The van der Waals surface area contributed by atoms with Crippen molar-refractivity contribution in [1.29, 1.82) is 0 Å². The van der Waals surface area contributed by atoms with Crippen molar-refractivity contribution in [1.82, 2.24) is 10.3 Å². The summed E-state index contributed by atoms with van der Waals surface area (Å²) >= 11 is 0. The summed E-state index contributed by atoms with van der Waals surface area (Å²) in [6.07, 6.45) is 7.88. The van der Waals surface area contributed by atoms with Gasteiger partial charge in [0, 0.05) is 44.5 Å². The van der Waals surface area contributed by atoms with Crippen LogP contribution in [0.4, 0.5) is 5.82 Å². The van der Waals surface area contributed by atoms with Crippen LogP contribution in [0.3, 0.4) is 0 Å². The van der Waals surface area contributed by atoms with Gasteiger partial charge in [0.2, 0.25) is 0 Å². The third-order valence-corrected chi connectivity index (χ3v) is 3.96. The molecule has 0 saturated heterocycles. The third-order valence-electron chi connectivity index (χ3n) is 3.96. The maximum Gasteiger partial charge on any atom is 0.133 e. The Morgan fingerprint density at radius 3 is 3.05 bits per heavy atom. The van der Waals surface area contributed by atoms with Gasteiger partial charge in [0.15, 0.2) is 0 Å². The predicted octanol–water partition coefficient (Wildman–Crippen LogP) is 2.12. The molecule has 108 valence electrons. The summed E-state index contributed by atoms with van der Waals surface area (Å²) in [6.45, 7) is 3.65. The SMILES string of the molecule is COCC1=CCN(c2ncccc2CNC2CC2)CC1. The van der Waals surface area contributed by atoms with Crippen LogP contribution in [0.15, 0.2) is 30.0 Å². The van der Waals surface area contributed by atoms with E-state index in [0.29, 0.717) is 0 Å². The number of nitrogens with one attached hydrogen (secondary N) is 1. The molecule has 0 atom stereocenters. The van der Waals surface area contributed by atoms with Gasteiger partial charge in [-0.3, -0.25) is 0 Å². The second-order valence-corrected chi connectivity index (χ2v) is 5.63. The van der Waals surface area contributed by atoms with E-state index in [9.17, 15) is 0 Å². The van der Waals surface area contributed by atoms with E-state index < -0.39 is 0 Å². The molecule has 1 N–H and O–H groups in total. The summed E-state index contributed by atoms with van der Waals surface area (Å²) in [5, 5.41) is 3.58. The van der Waals surface area contributed by atoms with Gasteiger partial charge in [-0.15, -0.1) is 0 Å². The van der Waals surface area contributed by atoms with Gasteiger partial charge in [0.1, 0.15) is 5.82 Å².